The van der Waals surface area contributed by atoms with E-state index in [1.165, 1.54) is 6.07 Å². The van der Waals surface area contributed by atoms with E-state index in [0.29, 0.717) is 11.0 Å². The van der Waals surface area contributed by atoms with Crippen LogP contribution in [0.25, 0.3) is 0 Å². The Morgan fingerprint density at radius 3 is 2.85 bits per heavy atom. The fraction of sp³-hybridized carbons (Fsp3) is 0.333. The molecule has 0 fully saturated rings. The standard InChI is InChI=1S/C9H11BrFNO/c1-6-4-8(11)7(10)5-9(6)12-2-3-13/h4-5,12-13H,2-3H2,1H3. The lowest BCUT2D eigenvalue weighted by atomic mass is 10.2. The lowest BCUT2D eigenvalue weighted by molar-refractivity contribution is 0.311. The van der Waals surface area contributed by atoms with Gasteiger partial charge in [-0.05, 0) is 40.5 Å². The monoisotopic (exact) mass is 247 g/mol. The Balaban J connectivity index is 2.88. The normalized spacial score (nSPS) is 10.2. The van der Waals surface area contributed by atoms with Crippen molar-refractivity contribution in [3.63, 3.8) is 0 Å². The van der Waals surface area contributed by atoms with Gasteiger partial charge in [0, 0.05) is 12.2 Å². The zero-order valence-electron chi connectivity index (χ0n) is 7.27. The fourth-order valence-corrected chi connectivity index (χ4v) is 1.37. The van der Waals surface area contributed by atoms with Crippen LogP contribution in [0.15, 0.2) is 16.6 Å². The summed E-state index contributed by atoms with van der Waals surface area (Å²) in [5.41, 5.74) is 1.66. The van der Waals surface area contributed by atoms with Crippen LogP contribution in [0.2, 0.25) is 0 Å². The van der Waals surface area contributed by atoms with Gasteiger partial charge in [-0.2, -0.15) is 0 Å². The molecule has 0 aliphatic heterocycles. The first kappa shape index (κ1) is 10.5. The zero-order valence-corrected chi connectivity index (χ0v) is 8.86. The number of nitrogens with one attached hydrogen (secondary N) is 1. The number of aliphatic hydroxyl groups excluding tert-OH is 1. The molecule has 1 rings (SSSR count). The highest BCUT2D eigenvalue weighted by Crippen LogP contribution is 2.23. The van der Waals surface area contributed by atoms with Gasteiger partial charge in [-0.25, -0.2) is 4.39 Å². The van der Waals surface area contributed by atoms with Crippen molar-refractivity contribution in [2.45, 2.75) is 6.92 Å². The average Bonchev–Trinajstić information content (AvgIpc) is 2.09. The molecule has 0 unspecified atom stereocenters. The van der Waals surface area contributed by atoms with Crippen molar-refractivity contribution in [2.24, 2.45) is 0 Å². The van der Waals surface area contributed by atoms with Gasteiger partial charge in [0.1, 0.15) is 5.82 Å². The molecule has 0 heterocycles. The van der Waals surface area contributed by atoms with Crippen molar-refractivity contribution in [1.29, 1.82) is 0 Å². The minimum absolute atomic E-state index is 0.0639. The van der Waals surface area contributed by atoms with Crippen LogP contribution in [0, 0.1) is 12.7 Å². The Labute approximate surface area is 84.9 Å². The number of hydrogen-bond acceptors (Lipinski definition) is 2. The Morgan fingerprint density at radius 1 is 1.54 bits per heavy atom. The second-order valence-corrected chi connectivity index (χ2v) is 3.59. The van der Waals surface area contributed by atoms with E-state index >= 15 is 0 Å². The number of aliphatic hydroxyl groups is 1. The molecule has 1 aromatic rings. The molecule has 4 heteroatoms. The molecular weight excluding hydrogens is 237 g/mol. The minimum atomic E-state index is -0.271. The smallest absolute Gasteiger partial charge is 0.137 e. The van der Waals surface area contributed by atoms with Crippen molar-refractivity contribution >= 4 is 21.6 Å². The van der Waals surface area contributed by atoms with E-state index in [9.17, 15) is 4.39 Å². The molecular formula is C9H11BrFNO. The van der Waals surface area contributed by atoms with E-state index in [2.05, 4.69) is 21.2 Å². The molecule has 0 spiro atoms. The molecule has 2 nitrogen and oxygen atoms in total. The first-order chi connectivity index (χ1) is 6.15. The van der Waals surface area contributed by atoms with Crippen molar-refractivity contribution in [2.75, 3.05) is 18.5 Å². The summed E-state index contributed by atoms with van der Waals surface area (Å²) >= 11 is 3.09. The van der Waals surface area contributed by atoms with Gasteiger partial charge in [-0.15, -0.1) is 0 Å². The largest absolute Gasteiger partial charge is 0.395 e. The van der Waals surface area contributed by atoms with Gasteiger partial charge >= 0.3 is 0 Å². The van der Waals surface area contributed by atoms with E-state index in [-0.39, 0.29) is 12.4 Å². The van der Waals surface area contributed by atoms with Crippen LogP contribution in [0.3, 0.4) is 0 Å². The van der Waals surface area contributed by atoms with Crippen LogP contribution < -0.4 is 5.32 Å². The Bertz CT molecular complexity index is 304. The maximum atomic E-state index is 13.0. The summed E-state index contributed by atoms with van der Waals surface area (Å²) in [4.78, 5) is 0. The van der Waals surface area contributed by atoms with Gasteiger partial charge in [-0.1, -0.05) is 0 Å². The van der Waals surface area contributed by atoms with Crippen LogP contribution in [0.4, 0.5) is 10.1 Å². The predicted molar refractivity (Wildman–Crippen MR) is 54.4 cm³/mol. The number of hydrogen-bond donors (Lipinski definition) is 2. The Kier molecular flexibility index (Phi) is 3.69. The summed E-state index contributed by atoms with van der Waals surface area (Å²) in [6.07, 6.45) is 0. The number of anilines is 1. The lowest BCUT2D eigenvalue weighted by Gasteiger charge is -2.08. The molecule has 0 amide bonds. The van der Waals surface area contributed by atoms with E-state index in [0.717, 1.165) is 11.3 Å². The number of benzene rings is 1. The summed E-state index contributed by atoms with van der Waals surface area (Å²) < 4.78 is 13.4. The minimum Gasteiger partial charge on any atom is -0.395 e. The van der Waals surface area contributed by atoms with Gasteiger partial charge in [0.05, 0.1) is 11.1 Å². The third-order valence-electron chi connectivity index (χ3n) is 1.69. The quantitative estimate of drug-likeness (QED) is 0.860. The van der Waals surface area contributed by atoms with Crippen molar-refractivity contribution in [3.8, 4) is 0 Å². The van der Waals surface area contributed by atoms with Crippen LogP contribution >= 0.6 is 15.9 Å². The Morgan fingerprint density at radius 2 is 2.23 bits per heavy atom. The zero-order chi connectivity index (χ0) is 9.84. The third-order valence-corrected chi connectivity index (χ3v) is 2.30. The summed E-state index contributed by atoms with van der Waals surface area (Å²) in [7, 11) is 0. The first-order valence-electron chi connectivity index (χ1n) is 3.95. The van der Waals surface area contributed by atoms with Crippen molar-refractivity contribution in [3.05, 3.63) is 28.0 Å². The van der Waals surface area contributed by atoms with Gasteiger partial charge < -0.3 is 10.4 Å². The molecule has 0 aliphatic rings. The van der Waals surface area contributed by atoms with Crippen molar-refractivity contribution < 1.29 is 9.50 Å². The van der Waals surface area contributed by atoms with Crippen molar-refractivity contribution in [1.82, 2.24) is 0 Å². The molecule has 1 aromatic carbocycles. The van der Waals surface area contributed by atoms with Crippen LogP contribution in [-0.4, -0.2) is 18.3 Å². The molecule has 0 aromatic heterocycles. The second kappa shape index (κ2) is 4.58. The highest BCUT2D eigenvalue weighted by Gasteiger charge is 2.03. The SMILES string of the molecule is Cc1cc(F)c(Br)cc1NCCO. The molecule has 0 radical (unpaired) electrons. The lowest BCUT2D eigenvalue weighted by Crippen LogP contribution is -2.06. The maximum Gasteiger partial charge on any atom is 0.137 e. The molecule has 13 heavy (non-hydrogen) atoms. The molecule has 72 valence electrons. The fourth-order valence-electron chi connectivity index (χ4n) is 1.03. The van der Waals surface area contributed by atoms with Gasteiger partial charge in [0.25, 0.3) is 0 Å². The summed E-state index contributed by atoms with van der Waals surface area (Å²) in [5, 5.41) is 11.6. The highest BCUT2D eigenvalue weighted by molar-refractivity contribution is 9.10. The van der Waals surface area contributed by atoms with E-state index < -0.39 is 0 Å². The second-order valence-electron chi connectivity index (χ2n) is 2.73. The topological polar surface area (TPSA) is 32.3 Å². The number of rotatable bonds is 3. The Hall–Kier alpha value is -0.610. The highest BCUT2D eigenvalue weighted by atomic mass is 79.9. The number of aryl methyl sites for hydroxylation is 1. The third kappa shape index (κ3) is 2.67. The molecule has 0 bridgehead atoms. The van der Waals surface area contributed by atoms with E-state index in [1.54, 1.807) is 6.07 Å². The van der Waals surface area contributed by atoms with Crippen LogP contribution in [-0.2, 0) is 0 Å². The summed E-state index contributed by atoms with van der Waals surface area (Å²) in [6, 6.07) is 3.12. The number of halogens is 2. The van der Waals surface area contributed by atoms with Gasteiger partial charge in [-0.3, -0.25) is 0 Å². The summed E-state index contributed by atoms with van der Waals surface area (Å²) in [6.45, 7) is 2.35. The molecule has 0 aliphatic carbocycles. The predicted octanol–water partition coefficient (Wildman–Crippen LogP) is 2.30. The van der Waals surface area contributed by atoms with Crippen LogP contribution in [0.1, 0.15) is 5.56 Å². The average molecular weight is 248 g/mol. The molecule has 0 atom stereocenters. The van der Waals surface area contributed by atoms with Gasteiger partial charge in [0.15, 0.2) is 0 Å². The maximum absolute atomic E-state index is 13.0. The molecule has 2 N–H and O–H groups in total. The van der Waals surface area contributed by atoms with E-state index in [4.69, 9.17) is 5.11 Å². The van der Waals surface area contributed by atoms with Crippen LogP contribution in [0.5, 0.6) is 0 Å². The van der Waals surface area contributed by atoms with E-state index in [1.807, 2.05) is 6.92 Å². The summed E-state index contributed by atoms with van der Waals surface area (Å²) in [5.74, 6) is -0.271. The molecule has 0 saturated carbocycles. The first-order valence-corrected chi connectivity index (χ1v) is 4.75. The molecule has 0 saturated heterocycles. The van der Waals surface area contributed by atoms with Gasteiger partial charge in [0.2, 0.25) is 0 Å².